The standard InChI is InChI=1S/C28H22FN3O4/c1-35-27(33)24-23(17-8-4-3-5-9-17)22(16-30)26(31)32(25(24)28(34)36-2)21-13-7-11-19(15-21)18-10-6-12-20(29)14-18/h3-15,23H,31H2,1-2H3. The van der Waals surface area contributed by atoms with E-state index in [-0.39, 0.29) is 22.7 Å². The minimum atomic E-state index is -0.958. The fourth-order valence-electron chi connectivity index (χ4n) is 4.27. The van der Waals surface area contributed by atoms with Crippen molar-refractivity contribution in [2.24, 2.45) is 5.73 Å². The molecule has 0 radical (unpaired) electrons. The maximum atomic E-state index is 13.9. The van der Waals surface area contributed by atoms with Crippen molar-refractivity contribution in [1.29, 1.82) is 5.26 Å². The Labute approximate surface area is 207 Å². The van der Waals surface area contributed by atoms with Gasteiger partial charge in [0.05, 0.1) is 37.4 Å². The molecule has 0 bridgehead atoms. The summed E-state index contributed by atoms with van der Waals surface area (Å²) < 4.78 is 24.0. The zero-order valence-electron chi connectivity index (χ0n) is 19.6. The molecule has 180 valence electrons. The lowest BCUT2D eigenvalue weighted by atomic mass is 9.81. The minimum Gasteiger partial charge on any atom is -0.466 e. The Hall–Kier alpha value is -4.90. The van der Waals surface area contributed by atoms with Crippen molar-refractivity contribution in [1.82, 2.24) is 0 Å². The van der Waals surface area contributed by atoms with E-state index in [0.717, 1.165) is 0 Å². The summed E-state index contributed by atoms with van der Waals surface area (Å²) >= 11 is 0. The average molecular weight is 483 g/mol. The quantitative estimate of drug-likeness (QED) is 0.537. The van der Waals surface area contributed by atoms with Crippen molar-refractivity contribution in [3.05, 3.63) is 113 Å². The Bertz CT molecular complexity index is 1440. The van der Waals surface area contributed by atoms with Gasteiger partial charge < -0.3 is 15.2 Å². The summed E-state index contributed by atoms with van der Waals surface area (Å²) in [7, 11) is 2.37. The number of nitrogens with two attached hydrogens (primary N) is 1. The lowest BCUT2D eigenvalue weighted by molar-refractivity contribution is -0.139. The molecule has 0 saturated heterocycles. The lowest BCUT2D eigenvalue weighted by Gasteiger charge is -2.36. The monoisotopic (exact) mass is 483 g/mol. The van der Waals surface area contributed by atoms with Crippen LogP contribution in [-0.4, -0.2) is 26.2 Å². The Balaban J connectivity index is 2.01. The van der Waals surface area contributed by atoms with Gasteiger partial charge in [0.1, 0.15) is 17.3 Å². The van der Waals surface area contributed by atoms with Gasteiger partial charge in [0.15, 0.2) is 0 Å². The number of carbonyl (C=O) groups excluding carboxylic acids is 2. The van der Waals surface area contributed by atoms with E-state index >= 15 is 0 Å². The number of rotatable bonds is 5. The van der Waals surface area contributed by atoms with E-state index in [9.17, 15) is 19.2 Å². The van der Waals surface area contributed by atoms with Gasteiger partial charge in [0.2, 0.25) is 0 Å². The predicted octanol–water partition coefficient (Wildman–Crippen LogP) is 4.39. The summed E-state index contributed by atoms with van der Waals surface area (Å²) in [6, 6.07) is 23.7. The van der Waals surface area contributed by atoms with Crippen LogP contribution < -0.4 is 10.6 Å². The molecule has 1 atom stereocenters. The van der Waals surface area contributed by atoms with E-state index in [1.54, 1.807) is 66.7 Å². The summed E-state index contributed by atoms with van der Waals surface area (Å²) in [5, 5.41) is 10.1. The van der Waals surface area contributed by atoms with E-state index in [1.165, 1.54) is 31.3 Å². The first-order valence-electron chi connectivity index (χ1n) is 10.9. The van der Waals surface area contributed by atoms with E-state index in [4.69, 9.17) is 15.2 Å². The fourth-order valence-corrected chi connectivity index (χ4v) is 4.27. The molecular weight excluding hydrogens is 461 g/mol. The number of ether oxygens (including phenoxy) is 2. The van der Waals surface area contributed by atoms with Gasteiger partial charge in [-0.25, -0.2) is 14.0 Å². The SMILES string of the molecule is COC(=O)C1=C(C(=O)OC)N(c2cccc(-c3cccc(F)c3)c2)C(N)=C(C#N)C1c1ccccc1. The number of methoxy groups -OCH3 is 2. The van der Waals surface area contributed by atoms with Gasteiger partial charge in [0, 0.05) is 5.69 Å². The molecule has 7 nitrogen and oxygen atoms in total. The molecule has 1 heterocycles. The van der Waals surface area contributed by atoms with Gasteiger partial charge in [0.25, 0.3) is 0 Å². The zero-order chi connectivity index (χ0) is 25.8. The number of benzene rings is 3. The lowest BCUT2D eigenvalue weighted by Crippen LogP contribution is -2.40. The molecule has 1 aliphatic rings. The first-order valence-corrected chi connectivity index (χ1v) is 10.9. The van der Waals surface area contributed by atoms with Crippen LogP contribution in [0.15, 0.2) is 102 Å². The molecule has 0 spiro atoms. The molecule has 0 fully saturated rings. The molecule has 8 heteroatoms. The van der Waals surface area contributed by atoms with Gasteiger partial charge in [-0.3, -0.25) is 4.90 Å². The molecule has 2 N–H and O–H groups in total. The highest BCUT2D eigenvalue weighted by molar-refractivity contribution is 6.06. The Kier molecular flexibility index (Phi) is 6.84. The van der Waals surface area contributed by atoms with Gasteiger partial charge in [-0.1, -0.05) is 54.6 Å². The Morgan fingerprint density at radius 3 is 2.17 bits per heavy atom. The van der Waals surface area contributed by atoms with Crippen molar-refractivity contribution < 1.29 is 23.5 Å². The van der Waals surface area contributed by atoms with Crippen LogP contribution in [0.2, 0.25) is 0 Å². The van der Waals surface area contributed by atoms with Crippen molar-refractivity contribution in [3.63, 3.8) is 0 Å². The third-order valence-corrected chi connectivity index (χ3v) is 5.87. The second kappa shape index (κ2) is 10.2. The zero-order valence-corrected chi connectivity index (χ0v) is 19.6. The van der Waals surface area contributed by atoms with E-state index in [1.807, 2.05) is 0 Å². The maximum Gasteiger partial charge on any atom is 0.355 e. The molecule has 1 unspecified atom stereocenters. The molecule has 1 aliphatic heterocycles. The summed E-state index contributed by atoms with van der Waals surface area (Å²) in [5.74, 6) is -3.06. The topological polar surface area (TPSA) is 106 Å². The van der Waals surface area contributed by atoms with Crippen LogP contribution in [0.25, 0.3) is 11.1 Å². The summed E-state index contributed by atoms with van der Waals surface area (Å²) in [6.07, 6.45) is 0. The second-order valence-electron chi connectivity index (χ2n) is 7.90. The largest absolute Gasteiger partial charge is 0.466 e. The number of hydrogen-bond acceptors (Lipinski definition) is 7. The van der Waals surface area contributed by atoms with E-state index < -0.39 is 23.7 Å². The van der Waals surface area contributed by atoms with Crippen molar-refractivity contribution in [2.45, 2.75) is 5.92 Å². The van der Waals surface area contributed by atoms with Crippen LogP contribution in [0.1, 0.15) is 11.5 Å². The number of nitrogens with zero attached hydrogens (tertiary/aromatic N) is 2. The number of carbonyl (C=O) groups is 2. The third-order valence-electron chi connectivity index (χ3n) is 5.87. The van der Waals surface area contributed by atoms with Crippen molar-refractivity contribution in [2.75, 3.05) is 19.1 Å². The molecule has 0 aliphatic carbocycles. The predicted molar refractivity (Wildman–Crippen MR) is 131 cm³/mol. The van der Waals surface area contributed by atoms with Crippen LogP contribution in [0.5, 0.6) is 0 Å². The molecule has 0 aromatic heterocycles. The van der Waals surface area contributed by atoms with Crippen LogP contribution in [-0.2, 0) is 19.1 Å². The molecular formula is C28H22FN3O4. The molecule has 36 heavy (non-hydrogen) atoms. The number of hydrogen-bond donors (Lipinski definition) is 1. The molecule has 4 rings (SSSR count). The second-order valence-corrected chi connectivity index (χ2v) is 7.90. The minimum absolute atomic E-state index is 0.0456. The van der Waals surface area contributed by atoms with Gasteiger partial charge in [-0.05, 0) is 41.0 Å². The normalized spacial score (nSPS) is 15.4. The molecule has 3 aromatic rings. The van der Waals surface area contributed by atoms with Crippen LogP contribution >= 0.6 is 0 Å². The van der Waals surface area contributed by atoms with E-state index in [2.05, 4.69) is 6.07 Å². The fraction of sp³-hybridized carbons (Fsp3) is 0.107. The van der Waals surface area contributed by atoms with Crippen molar-refractivity contribution in [3.8, 4) is 17.2 Å². The van der Waals surface area contributed by atoms with Gasteiger partial charge in [-0.2, -0.15) is 5.26 Å². The Morgan fingerprint density at radius 2 is 1.56 bits per heavy atom. The van der Waals surface area contributed by atoms with Crippen molar-refractivity contribution >= 4 is 17.6 Å². The number of nitriles is 1. The number of halogens is 1. The number of esters is 2. The highest BCUT2D eigenvalue weighted by Crippen LogP contribution is 2.43. The van der Waals surface area contributed by atoms with E-state index in [0.29, 0.717) is 22.4 Å². The van der Waals surface area contributed by atoms with Crippen LogP contribution in [0.3, 0.4) is 0 Å². The highest BCUT2D eigenvalue weighted by atomic mass is 19.1. The third kappa shape index (κ3) is 4.30. The first kappa shape index (κ1) is 24.2. The smallest absolute Gasteiger partial charge is 0.355 e. The molecule has 3 aromatic carbocycles. The number of allylic oxidation sites excluding steroid dienone is 1. The Morgan fingerprint density at radius 1 is 0.917 bits per heavy atom. The highest BCUT2D eigenvalue weighted by Gasteiger charge is 2.43. The van der Waals surface area contributed by atoms with Crippen LogP contribution in [0, 0.1) is 17.1 Å². The number of anilines is 1. The summed E-state index contributed by atoms with van der Waals surface area (Å²) in [5.41, 5.74) is 8.49. The van der Waals surface area contributed by atoms with Gasteiger partial charge in [-0.15, -0.1) is 0 Å². The first-order chi connectivity index (χ1) is 17.4. The molecule has 0 saturated carbocycles. The van der Waals surface area contributed by atoms with Gasteiger partial charge >= 0.3 is 11.9 Å². The van der Waals surface area contributed by atoms with Crippen LogP contribution in [0.4, 0.5) is 10.1 Å². The average Bonchev–Trinajstić information content (AvgIpc) is 2.92. The maximum absolute atomic E-state index is 13.9. The molecule has 0 amide bonds. The summed E-state index contributed by atoms with van der Waals surface area (Å²) in [4.78, 5) is 27.6. The summed E-state index contributed by atoms with van der Waals surface area (Å²) in [6.45, 7) is 0.